The van der Waals surface area contributed by atoms with Gasteiger partial charge in [0.1, 0.15) is 27.2 Å². The molecule has 4 aromatic rings. The number of fused-ring (bicyclic) bond motifs is 5. The van der Waals surface area contributed by atoms with Crippen molar-refractivity contribution in [2.24, 2.45) is 0 Å². The number of nitrogens with zero attached hydrogens (tertiary/aromatic N) is 3. The maximum absolute atomic E-state index is 13.7. The average molecular weight is 573 g/mol. The van der Waals surface area contributed by atoms with Crippen LogP contribution in [0.15, 0.2) is 60.7 Å². The number of aromatic nitrogens is 2. The molecule has 41 heavy (non-hydrogen) atoms. The van der Waals surface area contributed by atoms with Crippen LogP contribution in [0.1, 0.15) is 53.7 Å². The van der Waals surface area contributed by atoms with Crippen molar-refractivity contribution in [3.05, 3.63) is 77.6 Å². The van der Waals surface area contributed by atoms with Crippen molar-refractivity contribution in [2.75, 3.05) is 13.3 Å². The van der Waals surface area contributed by atoms with Gasteiger partial charge in [0.25, 0.3) is 5.91 Å². The molecule has 3 aromatic carbocycles. The van der Waals surface area contributed by atoms with E-state index in [0.29, 0.717) is 11.0 Å². The Hall–Kier alpha value is -3.42. The molecule has 1 aromatic heterocycles. The molecule has 0 fully saturated rings. The van der Waals surface area contributed by atoms with Crippen LogP contribution in [0.2, 0.25) is 0 Å². The van der Waals surface area contributed by atoms with Crippen molar-refractivity contribution in [2.45, 2.75) is 44.1 Å². The van der Waals surface area contributed by atoms with Crippen LogP contribution in [0.25, 0.3) is 27.8 Å². The number of amides is 1. The van der Waals surface area contributed by atoms with Crippen LogP contribution in [0.5, 0.6) is 5.75 Å². The molecule has 7 nitrogen and oxygen atoms in total. The van der Waals surface area contributed by atoms with E-state index in [1.165, 1.54) is 18.2 Å². The quantitative estimate of drug-likeness (QED) is 0.223. The third-order valence-corrected chi connectivity index (χ3v) is 9.77. The fourth-order valence-corrected chi connectivity index (χ4v) is 6.22. The summed E-state index contributed by atoms with van der Waals surface area (Å²) in [5, 5.41) is 10.6. The van der Waals surface area contributed by atoms with Crippen molar-refractivity contribution in [3.8, 4) is 22.6 Å². The average Bonchev–Trinajstić information content (AvgIpc) is 3.22. The molecule has 4 radical (unpaired) electrons. The Bertz CT molecular complexity index is 1680. The second-order valence-corrected chi connectivity index (χ2v) is 14.3. The maximum Gasteiger partial charge on any atom is 0.387 e. The van der Waals surface area contributed by atoms with Crippen molar-refractivity contribution >= 4 is 39.8 Å². The second kappa shape index (κ2) is 10.4. The Balaban J connectivity index is 1.76. The SMILES string of the molecule is [B]C([B])(O)N1C(=O)c2cccc(OC(F)F)c2-n2c(nc3ccc(-c4ccc(C(C)P(C)(C)=O)cc4)cc32)C1CC. The number of benzene rings is 3. The van der Waals surface area contributed by atoms with E-state index in [0.717, 1.165) is 21.6 Å². The minimum absolute atomic E-state index is 0.0405. The predicted molar refractivity (Wildman–Crippen MR) is 157 cm³/mol. The number of carbonyl (C=O) groups excluding carboxylic acids is 1. The van der Waals surface area contributed by atoms with Crippen LogP contribution in [-0.2, 0) is 4.57 Å². The van der Waals surface area contributed by atoms with Crippen LogP contribution in [0.3, 0.4) is 0 Å². The fourth-order valence-electron chi connectivity index (χ4n) is 5.33. The normalized spacial score (nSPS) is 16.4. The molecule has 1 aliphatic rings. The van der Waals surface area contributed by atoms with Gasteiger partial charge in [-0.15, -0.1) is 0 Å². The summed E-state index contributed by atoms with van der Waals surface area (Å²) in [6, 6.07) is 16.6. The first-order chi connectivity index (χ1) is 19.2. The number of ether oxygens (including phenoxy) is 1. The molecule has 0 saturated heterocycles. The van der Waals surface area contributed by atoms with Gasteiger partial charge in [0, 0.05) is 5.66 Å². The van der Waals surface area contributed by atoms with Crippen LogP contribution in [0.4, 0.5) is 8.78 Å². The predicted octanol–water partition coefficient (Wildman–Crippen LogP) is 5.83. The Kier molecular flexibility index (Phi) is 7.41. The van der Waals surface area contributed by atoms with Crippen molar-refractivity contribution < 1.29 is 28.0 Å². The zero-order valence-electron chi connectivity index (χ0n) is 23.1. The number of aliphatic hydroxyl groups is 1. The minimum Gasteiger partial charge on any atom is -0.433 e. The molecule has 5 rings (SSSR count). The largest absolute Gasteiger partial charge is 0.433 e. The topological polar surface area (TPSA) is 84.7 Å². The smallest absolute Gasteiger partial charge is 0.387 e. The van der Waals surface area contributed by atoms with Gasteiger partial charge in [-0.1, -0.05) is 50.2 Å². The van der Waals surface area contributed by atoms with Gasteiger partial charge >= 0.3 is 6.61 Å². The first-order valence-electron chi connectivity index (χ1n) is 13.1. The first-order valence-corrected chi connectivity index (χ1v) is 15.8. The summed E-state index contributed by atoms with van der Waals surface area (Å²) in [7, 11) is 9.38. The number of hydrogen-bond donors (Lipinski definition) is 1. The molecule has 1 amide bonds. The Labute approximate surface area is 239 Å². The highest BCUT2D eigenvalue weighted by molar-refractivity contribution is 7.62. The number of imidazole rings is 1. The van der Waals surface area contributed by atoms with E-state index in [2.05, 4.69) is 0 Å². The fraction of sp³-hybridized carbons (Fsp3) is 0.310. The summed E-state index contributed by atoms with van der Waals surface area (Å²) in [4.78, 5) is 19.4. The number of alkyl halides is 2. The van der Waals surface area contributed by atoms with Crippen LogP contribution >= 0.6 is 7.14 Å². The lowest BCUT2D eigenvalue weighted by Crippen LogP contribution is -2.54. The number of carbonyl (C=O) groups is 1. The lowest BCUT2D eigenvalue weighted by molar-refractivity contribution is -0.0498. The number of para-hydroxylation sites is 1. The molecule has 1 N–H and O–H groups in total. The summed E-state index contributed by atoms with van der Waals surface area (Å²) in [5.74, 6) is -0.729. The van der Waals surface area contributed by atoms with Crippen LogP contribution in [0, 0.1) is 0 Å². The minimum atomic E-state index is -3.16. The number of hydrogen-bond acceptors (Lipinski definition) is 5. The summed E-state index contributed by atoms with van der Waals surface area (Å²) < 4.78 is 46.1. The van der Waals surface area contributed by atoms with Gasteiger partial charge < -0.3 is 19.3 Å². The molecule has 208 valence electrons. The molecular weight excluding hydrogens is 545 g/mol. The summed E-state index contributed by atoms with van der Waals surface area (Å²) in [6.07, 6.45) is 0.260. The summed E-state index contributed by atoms with van der Waals surface area (Å²) in [5.41, 5.74) is 1.04. The van der Waals surface area contributed by atoms with Gasteiger partial charge in [-0.3, -0.25) is 9.36 Å². The highest BCUT2D eigenvalue weighted by Gasteiger charge is 2.42. The standard InChI is InChI=1S/C29H28B2F2N3O4P/c1-5-22-26-34-21-14-13-19(18-11-9-17(10-12-18)16(2)41(3,4)39)15-23(21)35(26)25-20(27(37)36(22)29(30,31)38)7-6-8-24(25)40-28(32)33/h6-16,22,28,38H,5H2,1-4H3. The highest BCUT2D eigenvalue weighted by atomic mass is 31.2. The maximum atomic E-state index is 13.7. The Morgan fingerprint density at radius 3 is 2.34 bits per heavy atom. The summed E-state index contributed by atoms with van der Waals surface area (Å²) >= 11 is 0. The lowest BCUT2D eigenvalue weighted by atomic mass is 9.70. The third-order valence-electron chi connectivity index (χ3n) is 7.61. The van der Waals surface area contributed by atoms with Gasteiger partial charge in [0.2, 0.25) is 0 Å². The Morgan fingerprint density at radius 1 is 1.10 bits per heavy atom. The van der Waals surface area contributed by atoms with Crippen LogP contribution in [-0.4, -0.2) is 66.6 Å². The van der Waals surface area contributed by atoms with Gasteiger partial charge in [-0.25, -0.2) is 4.98 Å². The van der Waals surface area contributed by atoms with Gasteiger partial charge in [0.15, 0.2) is 5.75 Å². The summed E-state index contributed by atoms with van der Waals surface area (Å²) in [6.45, 7) is 4.08. The van der Waals surface area contributed by atoms with Crippen LogP contribution < -0.4 is 4.74 Å². The molecular formula is C29H28B2F2N3O4P. The van der Waals surface area contributed by atoms with E-state index in [1.807, 2.05) is 43.3 Å². The molecule has 0 bridgehead atoms. The third kappa shape index (κ3) is 5.22. The lowest BCUT2D eigenvalue weighted by Gasteiger charge is -2.39. The van der Waals surface area contributed by atoms with Gasteiger partial charge in [0.05, 0.1) is 35.3 Å². The van der Waals surface area contributed by atoms with Crippen molar-refractivity contribution in [1.29, 1.82) is 0 Å². The molecule has 12 heteroatoms. The zero-order chi connectivity index (χ0) is 29.9. The van der Waals surface area contributed by atoms with Gasteiger partial charge in [-0.05, 0) is 60.7 Å². The van der Waals surface area contributed by atoms with E-state index in [4.69, 9.17) is 25.4 Å². The van der Waals surface area contributed by atoms with E-state index in [1.54, 1.807) is 30.9 Å². The van der Waals surface area contributed by atoms with E-state index in [9.17, 15) is 23.2 Å². The zero-order valence-corrected chi connectivity index (χ0v) is 24.0. The molecule has 1 aliphatic heterocycles. The van der Waals surface area contributed by atoms with E-state index in [-0.39, 0.29) is 34.9 Å². The highest BCUT2D eigenvalue weighted by Crippen LogP contribution is 2.52. The Morgan fingerprint density at radius 2 is 1.76 bits per heavy atom. The molecule has 2 heterocycles. The molecule has 0 saturated carbocycles. The molecule has 2 unspecified atom stereocenters. The molecule has 2 atom stereocenters. The monoisotopic (exact) mass is 573 g/mol. The van der Waals surface area contributed by atoms with Gasteiger partial charge in [-0.2, -0.15) is 8.78 Å². The second-order valence-electron chi connectivity index (χ2n) is 10.7. The van der Waals surface area contributed by atoms with E-state index >= 15 is 0 Å². The molecule has 0 aliphatic carbocycles. The van der Waals surface area contributed by atoms with Crippen molar-refractivity contribution in [3.63, 3.8) is 0 Å². The number of rotatable bonds is 7. The van der Waals surface area contributed by atoms with E-state index < -0.39 is 31.2 Å². The van der Waals surface area contributed by atoms with Crippen molar-refractivity contribution in [1.82, 2.24) is 14.5 Å². The molecule has 0 spiro atoms. The first kappa shape index (κ1) is 29.1. The number of halogens is 2.